The third-order valence-electron chi connectivity index (χ3n) is 2.72. The molecule has 0 saturated carbocycles. The van der Waals surface area contributed by atoms with Crippen LogP contribution in [-0.2, 0) is 14.2 Å². The third-order valence-corrected chi connectivity index (χ3v) is 2.72. The van der Waals surface area contributed by atoms with Gasteiger partial charge in [-0.15, -0.1) is 0 Å². The van der Waals surface area contributed by atoms with Crippen molar-refractivity contribution in [2.45, 2.75) is 26.4 Å². The second kappa shape index (κ2) is 10.1. The highest BCUT2D eigenvalue weighted by atomic mass is 19.2. The average Bonchev–Trinajstić information content (AvgIpc) is 2.59. The van der Waals surface area contributed by atoms with E-state index in [1.54, 1.807) is 20.8 Å². The van der Waals surface area contributed by atoms with Crippen molar-refractivity contribution in [3.63, 3.8) is 0 Å². The number of hydrogen-bond acceptors (Lipinski definition) is 6. The van der Waals surface area contributed by atoms with E-state index in [4.69, 9.17) is 9.47 Å². The fourth-order valence-electron chi connectivity index (χ4n) is 1.61. The Balaban J connectivity index is 2.31. The molecule has 28 heavy (non-hydrogen) atoms. The molecule has 1 rings (SSSR count). The molecule has 0 heterocycles. The Hall–Kier alpha value is -2.63. The van der Waals surface area contributed by atoms with Crippen molar-refractivity contribution in [3.05, 3.63) is 29.1 Å². The van der Waals surface area contributed by atoms with Crippen molar-refractivity contribution < 1.29 is 50.5 Å². The number of carbonyl (C=O) groups excluding carboxylic acids is 2. The van der Waals surface area contributed by atoms with E-state index in [1.807, 2.05) is 0 Å². The predicted molar refractivity (Wildman–Crippen MR) is 83.3 cm³/mol. The van der Waals surface area contributed by atoms with Crippen molar-refractivity contribution >= 4 is 12.2 Å². The molecule has 0 bridgehead atoms. The summed E-state index contributed by atoms with van der Waals surface area (Å²) < 4.78 is 83.8. The number of benzene rings is 1. The Kier molecular flexibility index (Phi) is 8.41. The normalized spacial score (nSPS) is 11.1. The maximum absolute atomic E-state index is 13.3. The molecule has 12 heteroatoms. The highest BCUT2D eigenvalue weighted by molar-refractivity contribution is 5.67. The Bertz CT molecular complexity index is 693. The molecule has 0 radical (unpaired) electrons. The van der Waals surface area contributed by atoms with Gasteiger partial charge >= 0.3 is 12.2 Å². The monoisotopic (exact) mass is 415 g/mol. The van der Waals surface area contributed by atoms with E-state index in [9.17, 15) is 31.5 Å². The van der Waals surface area contributed by atoms with Gasteiger partial charge in [0.05, 0.1) is 13.2 Å². The number of hydrogen-bond donors (Lipinski definition) is 1. The summed E-state index contributed by atoms with van der Waals surface area (Å²) in [4.78, 5) is 22.6. The number of halogens is 5. The largest absolute Gasteiger partial charge is 0.514 e. The summed E-state index contributed by atoms with van der Waals surface area (Å²) in [5.74, 6) is -13.3. The molecule has 0 saturated heterocycles. The summed E-state index contributed by atoms with van der Waals surface area (Å²) in [6.45, 7) is 4.53. The molecular formula is C16H18F5NO6. The van der Waals surface area contributed by atoms with Crippen molar-refractivity contribution in [3.8, 4) is 5.75 Å². The molecule has 1 aromatic carbocycles. The summed E-state index contributed by atoms with van der Waals surface area (Å²) in [6.07, 6.45) is -2.35. The number of carbonyl (C=O) groups is 2. The smallest absolute Gasteiger partial charge is 0.444 e. The van der Waals surface area contributed by atoms with Gasteiger partial charge in [-0.1, -0.05) is 0 Å². The minimum Gasteiger partial charge on any atom is -0.444 e. The molecule has 1 aromatic rings. The maximum atomic E-state index is 13.3. The zero-order chi connectivity index (χ0) is 21.5. The quantitative estimate of drug-likeness (QED) is 0.184. The van der Waals surface area contributed by atoms with E-state index in [-0.39, 0.29) is 19.8 Å². The van der Waals surface area contributed by atoms with E-state index in [0.717, 1.165) is 0 Å². The lowest BCUT2D eigenvalue weighted by molar-refractivity contribution is 0.0426. The van der Waals surface area contributed by atoms with E-state index in [1.165, 1.54) is 0 Å². The third kappa shape index (κ3) is 7.18. The molecular weight excluding hydrogens is 397 g/mol. The first-order valence-electron chi connectivity index (χ1n) is 7.84. The van der Waals surface area contributed by atoms with Gasteiger partial charge in [0, 0.05) is 6.54 Å². The van der Waals surface area contributed by atoms with Gasteiger partial charge in [-0.05, 0) is 20.8 Å². The standard InChI is InChI=1S/C16H18F5NO6/c1-16(2,3)28-14(23)22-4-5-25-6-7-26-15(24)27-13-11(20)9(18)8(17)10(19)12(13)21/h4-7H2,1-3H3,(H,22,23). The van der Waals surface area contributed by atoms with E-state index >= 15 is 0 Å². The van der Waals surface area contributed by atoms with Crippen LogP contribution in [0.5, 0.6) is 5.75 Å². The first-order chi connectivity index (χ1) is 12.9. The van der Waals surface area contributed by atoms with Crippen LogP contribution in [0.4, 0.5) is 31.5 Å². The maximum Gasteiger partial charge on any atom is 0.514 e. The first kappa shape index (κ1) is 23.4. The molecule has 0 fully saturated rings. The number of rotatable bonds is 7. The second-order valence-electron chi connectivity index (χ2n) is 6.14. The lowest BCUT2D eigenvalue weighted by atomic mass is 10.2. The van der Waals surface area contributed by atoms with E-state index < -0.39 is 59.3 Å². The molecule has 1 amide bonds. The fourth-order valence-corrected chi connectivity index (χ4v) is 1.61. The fraction of sp³-hybridized carbons (Fsp3) is 0.500. The zero-order valence-electron chi connectivity index (χ0n) is 15.2. The first-order valence-corrected chi connectivity index (χ1v) is 7.84. The van der Waals surface area contributed by atoms with Crippen molar-refractivity contribution in [2.75, 3.05) is 26.4 Å². The average molecular weight is 415 g/mol. The molecule has 158 valence electrons. The van der Waals surface area contributed by atoms with Crippen LogP contribution in [0.25, 0.3) is 0 Å². The minimum atomic E-state index is -2.39. The topological polar surface area (TPSA) is 83.1 Å². The van der Waals surface area contributed by atoms with Gasteiger partial charge in [0.2, 0.25) is 34.8 Å². The van der Waals surface area contributed by atoms with Crippen LogP contribution in [0, 0.1) is 29.1 Å². The summed E-state index contributed by atoms with van der Waals surface area (Å²) >= 11 is 0. The highest BCUT2D eigenvalue weighted by Crippen LogP contribution is 2.29. The lowest BCUT2D eigenvalue weighted by Gasteiger charge is -2.19. The Morgan fingerprint density at radius 1 is 0.857 bits per heavy atom. The van der Waals surface area contributed by atoms with Crippen LogP contribution in [0.15, 0.2) is 0 Å². The SMILES string of the molecule is CC(C)(C)OC(=O)NCCOCCOC(=O)Oc1c(F)c(F)c(F)c(F)c1F. The van der Waals surface area contributed by atoms with Gasteiger partial charge in [0.25, 0.3) is 0 Å². The van der Waals surface area contributed by atoms with Crippen LogP contribution >= 0.6 is 0 Å². The Morgan fingerprint density at radius 3 is 1.93 bits per heavy atom. The summed E-state index contributed by atoms with van der Waals surface area (Å²) in [5, 5.41) is 2.40. The molecule has 7 nitrogen and oxygen atoms in total. The molecule has 0 aliphatic heterocycles. The summed E-state index contributed by atoms with van der Waals surface area (Å²) in [5.41, 5.74) is -0.658. The molecule has 0 aliphatic rings. The zero-order valence-corrected chi connectivity index (χ0v) is 15.2. The van der Waals surface area contributed by atoms with Crippen molar-refractivity contribution in [1.82, 2.24) is 5.32 Å². The summed E-state index contributed by atoms with van der Waals surface area (Å²) in [6, 6.07) is 0. The van der Waals surface area contributed by atoms with Crippen LogP contribution in [0.2, 0.25) is 0 Å². The van der Waals surface area contributed by atoms with Gasteiger partial charge in [-0.2, -0.15) is 8.78 Å². The van der Waals surface area contributed by atoms with Crippen molar-refractivity contribution in [1.29, 1.82) is 0 Å². The lowest BCUT2D eigenvalue weighted by Crippen LogP contribution is -2.34. The summed E-state index contributed by atoms with van der Waals surface area (Å²) in [7, 11) is 0. The molecule has 0 aliphatic carbocycles. The van der Waals surface area contributed by atoms with E-state index in [0.29, 0.717) is 0 Å². The van der Waals surface area contributed by atoms with Crippen LogP contribution in [0.1, 0.15) is 20.8 Å². The predicted octanol–water partition coefficient (Wildman–Crippen LogP) is 3.44. The Labute approximate surface area is 156 Å². The van der Waals surface area contributed by atoms with Gasteiger partial charge in [-0.25, -0.2) is 22.8 Å². The molecule has 0 spiro atoms. The number of alkyl carbamates (subject to hydrolysis) is 1. The van der Waals surface area contributed by atoms with Gasteiger partial charge in [0.1, 0.15) is 12.2 Å². The number of nitrogens with one attached hydrogen (secondary N) is 1. The molecule has 0 aromatic heterocycles. The van der Waals surface area contributed by atoms with Gasteiger partial charge < -0.3 is 24.3 Å². The van der Waals surface area contributed by atoms with Crippen LogP contribution < -0.4 is 10.1 Å². The second-order valence-corrected chi connectivity index (χ2v) is 6.14. The molecule has 0 unspecified atom stereocenters. The Morgan fingerprint density at radius 2 is 1.39 bits per heavy atom. The van der Waals surface area contributed by atoms with Crippen LogP contribution in [0.3, 0.4) is 0 Å². The molecule has 1 N–H and O–H groups in total. The van der Waals surface area contributed by atoms with Gasteiger partial charge in [0.15, 0.2) is 0 Å². The van der Waals surface area contributed by atoms with Crippen molar-refractivity contribution in [2.24, 2.45) is 0 Å². The van der Waals surface area contributed by atoms with E-state index in [2.05, 4.69) is 14.8 Å². The number of ether oxygens (including phenoxy) is 4. The molecule has 0 atom stereocenters. The highest BCUT2D eigenvalue weighted by Gasteiger charge is 2.29. The van der Waals surface area contributed by atoms with Gasteiger partial charge in [-0.3, -0.25) is 0 Å². The minimum absolute atomic E-state index is 0.0231. The number of amides is 1. The van der Waals surface area contributed by atoms with Crippen LogP contribution in [-0.4, -0.2) is 44.2 Å².